The fourth-order valence-electron chi connectivity index (χ4n) is 2.17. The van der Waals surface area contributed by atoms with Crippen molar-refractivity contribution in [2.45, 2.75) is 46.0 Å². The first-order chi connectivity index (χ1) is 10.7. The molecule has 0 fully saturated rings. The molecule has 0 saturated heterocycles. The van der Waals surface area contributed by atoms with Crippen LogP contribution in [0.25, 0.3) is 11.3 Å². The molecule has 4 heteroatoms. The van der Waals surface area contributed by atoms with E-state index in [1.54, 1.807) is 18.5 Å². The van der Waals surface area contributed by atoms with Gasteiger partial charge in [-0.25, -0.2) is 4.39 Å². The average molecular weight is 302 g/mol. The minimum Gasteiger partial charge on any atom is -0.491 e. The Balaban J connectivity index is 1.99. The van der Waals surface area contributed by atoms with Crippen LogP contribution in [0.5, 0.6) is 5.75 Å². The highest BCUT2D eigenvalue weighted by Gasteiger charge is 2.07. The van der Waals surface area contributed by atoms with Gasteiger partial charge < -0.3 is 4.74 Å². The lowest BCUT2D eigenvalue weighted by molar-refractivity contribution is 0.290. The summed E-state index contributed by atoms with van der Waals surface area (Å²) in [5.41, 5.74) is 2.31. The first-order valence-corrected chi connectivity index (χ1v) is 7.98. The molecule has 22 heavy (non-hydrogen) atoms. The van der Waals surface area contributed by atoms with Gasteiger partial charge in [0.25, 0.3) is 0 Å². The van der Waals surface area contributed by atoms with E-state index in [2.05, 4.69) is 16.9 Å². The van der Waals surface area contributed by atoms with Crippen molar-refractivity contribution in [2.75, 3.05) is 6.61 Å². The van der Waals surface area contributed by atoms with Crippen molar-refractivity contribution in [3.63, 3.8) is 0 Å². The number of aryl methyl sites for hydroxylation is 1. The summed E-state index contributed by atoms with van der Waals surface area (Å²) >= 11 is 0. The van der Waals surface area contributed by atoms with E-state index < -0.39 is 0 Å². The van der Waals surface area contributed by atoms with Crippen LogP contribution in [0.2, 0.25) is 0 Å². The fraction of sp³-hybridized carbons (Fsp3) is 0.444. The Kier molecular flexibility index (Phi) is 6.31. The molecule has 1 aromatic heterocycles. The summed E-state index contributed by atoms with van der Waals surface area (Å²) in [5.74, 6) is -0.0484. The predicted octanol–water partition coefficient (Wildman–Crippen LogP) is 4.80. The second-order valence-electron chi connectivity index (χ2n) is 5.30. The van der Waals surface area contributed by atoms with Gasteiger partial charge in [-0.15, -0.1) is 0 Å². The summed E-state index contributed by atoms with van der Waals surface area (Å²) in [7, 11) is 0. The van der Waals surface area contributed by atoms with E-state index in [0.717, 1.165) is 25.0 Å². The molecule has 0 saturated carbocycles. The molecular formula is C18H23FN2O. The lowest BCUT2D eigenvalue weighted by Gasteiger charge is -2.08. The molecule has 1 heterocycles. The van der Waals surface area contributed by atoms with Crippen molar-refractivity contribution in [3.8, 4) is 17.0 Å². The zero-order valence-corrected chi connectivity index (χ0v) is 13.3. The van der Waals surface area contributed by atoms with E-state index in [4.69, 9.17) is 4.74 Å². The Morgan fingerprint density at radius 2 is 1.91 bits per heavy atom. The van der Waals surface area contributed by atoms with E-state index in [0.29, 0.717) is 23.6 Å². The minimum atomic E-state index is -0.352. The molecule has 0 spiro atoms. The normalized spacial score (nSPS) is 10.7. The number of ether oxygens (including phenoxy) is 1. The summed E-state index contributed by atoms with van der Waals surface area (Å²) < 4.78 is 19.6. The summed E-state index contributed by atoms with van der Waals surface area (Å²) in [6.07, 6.45) is 8.70. The molecule has 0 amide bonds. The Morgan fingerprint density at radius 1 is 1.05 bits per heavy atom. The van der Waals surface area contributed by atoms with Crippen LogP contribution in [0.15, 0.2) is 30.6 Å². The number of hydrogen-bond donors (Lipinski definition) is 0. The third-order valence-corrected chi connectivity index (χ3v) is 3.55. The van der Waals surface area contributed by atoms with Crippen molar-refractivity contribution in [3.05, 3.63) is 42.1 Å². The van der Waals surface area contributed by atoms with Crippen LogP contribution < -0.4 is 4.74 Å². The minimum absolute atomic E-state index is 0.304. The number of hydrogen-bond acceptors (Lipinski definition) is 3. The number of benzene rings is 1. The van der Waals surface area contributed by atoms with E-state index in [9.17, 15) is 4.39 Å². The molecule has 0 unspecified atom stereocenters. The Labute approximate surface area is 131 Å². The van der Waals surface area contributed by atoms with Gasteiger partial charge in [-0.3, -0.25) is 9.97 Å². The number of halogens is 1. The molecule has 0 bridgehead atoms. The van der Waals surface area contributed by atoms with Crippen molar-refractivity contribution in [1.82, 2.24) is 9.97 Å². The molecule has 0 radical (unpaired) electrons. The maximum absolute atomic E-state index is 14.1. The quantitative estimate of drug-likeness (QED) is 0.657. The topological polar surface area (TPSA) is 35.0 Å². The van der Waals surface area contributed by atoms with Gasteiger partial charge in [0.2, 0.25) is 0 Å². The van der Waals surface area contributed by atoms with Crippen LogP contribution in [0.1, 0.15) is 45.2 Å². The van der Waals surface area contributed by atoms with Crippen LogP contribution in [0.4, 0.5) is 4.39 Å². The molecule has 0 atom stereocenters. The van der Waals surface area contributed by atoms with Gasteiger partial charge in [0.15, 0.2) is 11.6 Å². The molecule has 0 aliphatic rings. The zero-order valence-electron chi connectivity index (χ0n) is 13.3. The van der Waals surface area contributed by atoms with E-state index >= 15 is 0 Å². The summed E-state index contributed by atoms with van der Waals surface area (Å²) in [4.78, 5) is 8.60. The Morgan fingerprint density at radius 3 is 2.55 bits per heavy atom. The number of aromatic nitrogens is 2. The van der Waals surface area contributed by atoms with Crippen molar-refractivity contribution < 1.29 is 9.13 Å². The fourth-order valence-corrected chi connectivity index (χ4v) is 2.17. The van der Waals surface area contributed by atoms with Crippen molar-refractivity contribution >= 4 is 0 Å². The lowest BCUT2D eigenvalue weighted by atomic mass is 10.1. The Bertz CT molecular complexity index is 584. The summed E-state index contributed by atoms with van der Waals surface area (Å²) in [5, 5.41) is 0. The van der Waals surface area contributed by atoms with Gasteiger partial charge in [0, 0.05) is 11.8 Å². The highest BCUT2D eigenvalue weighted by atomic mass is 19.1. The molecule has 1 aromatic carbocycles. The highest BCUT2D eigenvalue weighted by Crippen LogP contribution is 2.24. The van der Waals surface area contributed by atoms with Crippen LogP contribution >= 0.6 is 0 Å². The van der Waals surface area contributed by atoms with Crippen LogP contribution in [0, 0.1) is 5.82 Å². The zero-order chi connectivity index (χ0) is 15.8. The highest BCUT2D eigenvalue weighted by molar-refractivity contribution is 5.59. The average Bonchev–Trinajstić information content (AvgIpc) is 2.56. The van der Waals surface area contributed by atoms with E-state index in [1.807, 2.05) is 13.0 Å². The van der Waals surface area contributed by atoms with Crippen molar-refractivity contribution in [1.29, 1.82) is 0 Å². The van der Waals surface area contributed by atoms with Gasteiger partial charge in [0.05, 0.1) is 24.2 Å². The molecule has 2 aromatic rings. The third kappa shape index (κ3) is 4.52. The summed E-state index contributed by atoms with van der Waals surface area (Å²) in [6, 6.07) is 4.94. The van der Waals surface area contributed by atoms with Gasteiger partial charge in [0.1, 0.15) is 0 Å². The molecule has 0 aliphatic carbocycles. The van der Waals surface area contributed by atoms with Crippen LogP contribution in [0.3, 0.4) is 0 Å². The van der Waals surface area contributed by atoms with Crippen LogP contribution in [-0.2, 0) is 6.42 Å². The molecule has 3 nitrogen and oxygen atoms in total. The second-order valence-corrected chi connectivity index (χ2v) is 5.30. The van der Waals surface area contributed by atoms with E-state index in [-0.39, 0.29) is 5.82 Å². The largest absolute Gasteiger partial charge is 0.491 e. The molecule has 0 aliphatic heterocycles. The third-order valence-electron chi connectivity index (χ3n) is 3.55. The maximum atomic E-state index is 14.1. The van der Waals surface area contributed by atoms with Gasteiger partial charge in [-0.2, -0.15) is 0 Å². The van der Waals surface area contributed by atoms with Crippen LogP contribution in [-0.4, -0.2) is 16.6 Å². The SMILES string of the molecule is CCCCCCOc1ccc(-c2cnc(CC)cn2)cc1F. The summed E-state index contributed by atoms with van der Waals surface area (Å²) in [6.45, 7) is 4.74. The Hall–Kier alpha value is -1.97. The maximum Gasteiger partial charge on any atom is 0.165 e. The predicted molar refractivity (Wildman–Crippen MR) is 86.4 cm³/mol. The molecule has 118 valence electrons. The monoisotopic (exact) mass is 302 g/mol. The number of nitrogens with zero attached hydrogens (tertiary/aromatic N) is 2. The number of rotatable bonds is 8. The van der Waals surface area contributed by atoms with Gasteiger partial charge in [-0.1, -0.05) is 33.1 Å². The second kappa shape index (κ2) is 8.47. The van der Waals surface area contributed by atoms with Gasteiger partial charge >= 0.3 is 0 Å². The molecule has 2 rings (SSSR count). The van der Waals surface area contributed by atoms with E-state index in [1.165, 1.54) is 18.9 Å². The first kappa shape index (κ1) is 16.4. The lowest BCUT2D eigenvalue weighted by Crippen LogP contribution is -1.99. The standard InChI is InChI=1S/C18H23FN2O/c1-3-5-6-7-10-22-18-9-8-14(11-16(18)19)17-13-20-15(4-2)12-21-17/h8-9,11-13H,3-7,10H2,1-2H3. The number of unbranched alkanes of at least 4 members (excludes halogenated alkanes) is 3. The first-order valence-electron chi connectivity index (χ1n) is 7.98. The molecular weight excluding hydrogens is 279 g/mol. The smallest absolute Gasteiger partial charge is 0.165 e. The van der Waals surface area contributed by atoms with Gasteiger partial charge in [-0.05, 0) is 31.0 Å². The van der Waals surface area contributed by atoms with Crippen molar-refractivity contribution in [2.24, 2.45) is 0 Å². The molecule has 0 N–H and O–H groups in total.